The number of hydrogen-bond acceptors (Lipinski definition) is 6. The molecule has 6 nitrogen and oxygen atoms in total. The van der Waals surface area contributed by atoms with E-state index in [1.54, 1.807) is 28.4 Å². The molecule has 1 aromatic heterocycles. The average molecular weight is 347 g/mol. The lowest BCUT2D eigenvalue weighted by molar-refractivity contribution is 0.0751. The van der Waals surface area contributed by atoms with Gasteiger partial charge in [-0.2, -0.15) is 0 Å². The van der Waals surface area contributed by atoms with Crippen molar-refractivity contribution in [2.24, 2.45) is 0 Å². The fraction of sp³-hybridized carbons (Fsp3) is 0.412. The number of phenols is 1. The number of carbonyl (C=O) groups excluding carboxylic acids is 1. The highest BCUT2D eigenvalue weighted by atomic mass is 32.1. The van der Waals surface area contributed by atoms with Crippen molar-refractivity contribution in [3.63, 3.8) is 0 Å². The SMILES string of the molecule is CC(C)OC(=O)N1CCN(c2nc(-c3ccccc3O)cs2)CC1. The van der Waals surface area contributed by atoms with Gasteiger partial charge in [-0.1, -0.05) is 12.1 Å². The second-order valence-electron chi connectivity index (χ2n) is 5.94. The lowest BCUT2D eigenvalue weighted by atomic mass is 10.1. The summed E-state index contributed by atoms with van der Waals surface area (Å²) in [5, 5.41) is 12.8. The van der Waals surface area contributed by atoms with Gasteiger partial charge in [0.1, 0.15) is 5.75 Å². The van der Waals surface area contributed by atoms with Crippen molar-refractivity contribution in [2.75, 3.05) is 31.1 Å². The van der Waals surface area contributed by atoms with Gasteiger partial charge in [0.2, 0.25) is 0 Å². The van der Waals surface area contributed by atoms with Crippen molar-refractivity contribution >= 4 is 22.6 Å². The van der Waals surface area contributed by atoms with Gasteiger partial charge in [0, 0.05) is 37.1 Å². The van der Waals surface area contributed by atoms with Crippen LogP contribution in [0.25, 0.3) is 11.3 Å². The van der Waals surface area contributed by atoms with E-state index in [0.29, 0.717) is 13.1 Å². The van der Waals surface area contributed by atoms with E-state index in [1.165, 1.54) is 0 Å². The first-order valence-corrected chi connectivity index (χ1v) is 8.87. The highest BCUT2D eigenvalue weighted by molar-refractivity contribution is 7.14. The molecule has 2 aromatic rings. The number of aromatic nitrogens is 1. The second-order valence-corrected chi connectivity index (χ2v) is 6.78. The molecule has 7 heteroatoms. The first-order chi connectivity index (χ1) is 11.5. The molecule has 1 saturated heterocycles. The van der Waals surface area contributed by atoms with Crippen molar-refractivity contribution in [1.82, 2.24) is 9.88 Å². The van der Waals surface area contributed by atoms with Crippen molar-refractivity contribution in [1.29, 1.82) is 0 Å². The highest BCUT2D eigenvalue weighted by Crippen LogP contribution is 2.32. The fourth-order valence-corrected chi connectivity index (χ4v) is 3.46. The number of hydrogen-bond donors (Lipinski definition) is 1. The minimum absolute atomic E-state index is 0.101. The third-order valence-electron chi connectivity index (χ3n) is 3.82. The van der Waals surface area contributed by atoms with Gasteiger partial charge in [0.05, 0.1) is 11.8 Å². The predicted octanol–water partition coefficient (Wildman–Crippen LogP) is 3.18. The number of thiazole rings is 1. The van der Waals surface area contributed by atoms with Crippen LogP contribution in [0.2, 0.25) is 0 Å². The van der Waals surface area contributed by atoms with Crippen molar-refractivity contribution in [2.45, 2.75) is 20.0 Å². The lowest BCUT2D eigenvalue weighted by Crippen LogP contribution is -2.49. The van der Waals surface area contributed by atoms with Crippen LogP contribution in [-0.4, -0.2) is 53.4 Å². The summed E-state index contributed by atoms with van der Waals surface area (Å²) in [7, 11) is 0. The maximum Gasteiger partial charge on any atom is 0.410 e. The van der Waals surface area contributed by atoms with Crippen LogP contribution < -0.4 is 4.90 Å². The Morgan fingerprint density at radius 2 is 1.96 bits per heavy atom. The summed E-state index contributed by atoms with van der Waals surface area (Å²) in [6.45, 7) is 6.39. The largest absolute Gasteiger partial charge is 0.507 e. The molecule has 1 amide bonds. The number of ether oxygens (including phenoxy) is 1. The smallest absolute Gasteiger partial charge is 0.410 e. The molecule has 1 aliphatic rings. The topological polar surface area (TPSA) is 65.9 Å². The number of phenolic OH excluding ortho intramolecular Hbond substituents is 1. The molecule has 128 valence electrons. The number of rotatable bonds is 3. The zero-order valence-corrected chi connectivity index (χ0v) is 14.6. The Hall–Kier alpha value is -2.28. The second kappa shape index (κ2) is 7.09. The van der Waals surface area contributed by atoms with Gasteiger partial charge in [-0.3, -0.25) is 0 Å². The zero-order valence-electron chi connectivity index (χ0n) is 13.8. The monoisotopic (exact) mass is 347 g/mol. The molecule has 0 spiro atoms. The number of benzene rings is 1. The van der Waals surface area contributed by atoms with Crippen molar-refractivity contribution in [3.05, 3.63) is 29.6 Å². The van der Waals surface area contributed by atoms with E-state index in [0.717, 1.165) is 29.5 Å². The molecular weight excluding hydrogens is 326 g/mol. The van der Waals surface area contributed by atoms with E-state index >= 15 is 0 Å². The maximum atomic E-state index is 11.9. The summed E-state index contributed by atoms with van der Waals surface area (Å²) in [6, 6.07) is 7.19. The predicted molar refractivity (Wildman–Crippen MR) is 94.6 cm³/mol. The molecular formula is C17H21N3O3S. The summed E-state index contributed by atoms with van der Waals surface area (Å²) >= 11 is 1.55. The molecule has 2 heterocycles. The third-order valence-corrected chi connectivity index (χ3v) is 4.72. The van der Waals surface area contributed by atoms with Gasteiger partial charge in [0.15, 0.2) is 5.13 Å². The zero-order chi connectivity index (χ0) is 17.1. The molecule has 0 saturated carbocycles. The molecule has 1 aromatic carbocycles. The summed E-state index contributed by atoms with van der Waals surface area (Å²) in [6.07, 6.45) is -0.353. The van der Waals surface area contributed by atoms with Gasteiger partial charge in [-0.05, 0) is 26.0 Å². The minimum atomic E-state index is -0.251. The Morgan fingerprint density at radius 3 is 2.62 bits per heavy atom. The fourth-order valence-electron chi connectivity index (χ4n) is 2.58. The van der Waals surface area contributed by atoms with E-state index in [2.05, 4.69) is 9.88 Å². The number of piperazine rings is 1. The number of amides is 1. The molecule has 24 heavy (non-hydrogen) atoms. The van der Waals surface area contributed by atoms with Crippen LogP contribution >= 0.6 is 11.3 Å². The summed E-state index contributed by atoms with van der Waals surface area (Å²) in [5.41, 5.74) is 1.51. The van der Waals surface area contributed by atoms with E-state index in [9.17, 15) is 9.90 Å². The van der Waals surface area contributed by atoms with E-state index in [1.807, 2.05) is 31.4 Å². The molecule has 1 aliphatic heterocycles. The van der Waals surface area contributed by atoms with Crippen LogP contribution in [0.15, 0.2) is 29.6 Å². The first-order valence-electron chi connectivity index (χ1n) is 7.99. The lowest BCUT2D eigenvalue weighted by Gasteiger charge is -2.34. The van der Waals surface area contributed by atoms with Crippen LogP contribution in [0.5, 0.6) is 5.75 Å². The van der Waals surface area contributed by atoms with Gasteiger partial charge in [0.25, 0.3) is 0 Å². The molecule has 0 radical (unpaired) electrons. The number of anilines is 1. The van der Waals surface area contributed by atoms with E-state index < -0.39 is 0 Å². The summed E-state index contributed by atoms with van der Waals surface area (Å²) < 4.78 is 5.23. The van der Waals surface area contributed by atoms with Crippen LogP contribution in [0.3, 0.4) is 0 Å². The minimum Gasteiger partial charge on any atom is -0.507 e. The molecule has 1 N–H and O–H groups in total. The van der Waals surface area contributed by atoms with Crippen LogP contribution in [0.4, 0.5) is 9.93 Å². The molecule has 3 rings (SSSR count). The number of nitrogens with zero attached hydrogens (tertiary/aromatic N) is 3. The quantitative estimate of drug-likeness (QED) is 0.924. The van der Waals surface area contributed by atoms with Gasteiger partial charge < -0.3 is 19.6 Å². The molecule has 0 aliphatic carbocycles. The van der Waals surface area contributed by atoms with Gasteiger partial charge in [-0.25, -0.2) is 9.78 Å². The standard InChI is InChI=1S/C17H21N3O3S/c1-12(2)23-17(22)20-9-7-19(8-10-20)16-18-14(11-24-16)13-5-3-4-6-15(13)21/h3-6,11-12,21H,7-10H2,1-2H3. The Labute approximate surface area is 145 Å². The average Bonchev–Trinajstić information content (AvgIpc) is 3.04. The highest BCUT2D eigenvalue weighted by Gasteiger charge is 2.24. The van der Waals surface area contributed by atoms with E-state index in [-0.39, 0.29) is 17.9 Å². The van der Waals surface area contributed by atoms with Crippen LogP contribution in [0, 0.1) is 0 Å². The summed E-state index contributed by atoms with van der Waals surface area (Å²) in [4.78, 5) is 20.4. The Bertz CT molecular complexity index is 709. The number of carbonyl (C=O) groups is 1. The summed E-state index contributed by atoms with van der Waals surface area (Å²) in [5.74, 6) is 0.232. The maximum absolute atomic E-state index is 11.9. The molecule has 1 fully saturated rings. The van der Waals surface area contributed by atoms with Crippen LogP contribution in [-0.2, 0) is 4.74 Å². The van der Waals surface area contributed by atoms with Gasteiger partial charge >= 0.3 is 6.09 Å². The Balaban J connectivity index is 1.64. The first kappa shape index (κ1) is 16.6. The van der Waals surface area contributed by atoms with Crippen molar-refractivity contribution < 1.29 is 14.6 Å². The van der Waals surface area contributed by atoms with Gasteiger partial charge in [-0.15, -0.1) is 11.3 Å². The Kier molecular flexibility index (Phi) is 4.89. The third kappa shape index (κ3) is 3.62. The van der Waals surface area contributed by atoms with E-state index in [4.69, 9.17) is 4.74 Å². The Morgan fingerprint density at radius 1 is 1.25 bits per heavy atom. The molecule has 0 atom stereocenters. The molecule has 0 unspecified atom stereocenters. The molecule has 0 bridgehead atoms. The van der Waals surface area contributed by atoms with Crippen LogP contribution in [0.1, 0.15) is 13.8 Å². The van der Waals surface area contributed by atoms with Crippen molar-refractivity contribution in [3.8, 4) is 17.0 Å². The number of para-hydroxylation sites is 1. The normalized spacial score (nSPS) is 15.0. The number of aromatic hydroxyl groups is 1.